The standard InChI is InChI=1S/C17H29N3O2S/c1-13(21)10-17(2,3)12-19-16(22)18-6-8-20-7-4-15-14(11-20)5-9-23-15/h5,9,13,21H,4,6-8,10-12H2,1-3H3,(H2,18,19,22). The van der Waals surface area contributed by atoms with Crippen LogP contribution in [-0.2, 0) is 13.0 Å². The number of fused-ring (bicyclic) bond motifs is 1. The molecule has 0 aromatic carbocycles. The van der Waals surface area contributed by atoms with E-state index in [9.17, 15) is 9.90 Å². The Bertz CT molecular complexity index is 514. The Morgan fingerprint density at radius 3 is 3.00 bits per heavy atom. The fourth-order valence-electron chi connectivity index (χ4n) is 3.08. The number of carbonyl (C=O) groups is 1. The average molecular weight is 340 g/mol. The summed E-state index contributed by atoms with van der Waals surface area (Å²) in [7, 11) is 0. The zero-order chi connectivity index (χ0) is 16.9. The van der Waals surface area contributed by atoms with Crippen LogP contribution in [0.5, 0.6) is 0 Å². The maximum absolute atomic E-state index is 11.9. The number of thiophene rings is 1. The van der Waals surface area contributed by atoms with Crippen LogP contribution in [0.2, 0.25) is 0 Å². The van der Waals surface area contributed by atoms with Gasteiger partial charge in [0.2, 0.25) is 0 Å². The van der Waals surface area contributed by atoms with E-state index >= 15 is 0 Å². The number of aliphatic hydroxyl groups excluding tert-OH is 1. The van der Waals surface area contributed by atoms with E-state index in [1.165, 1.54) is 10.4 Å². The van der Waals surface area contributed by atoms with Gasteiger partial charge in [0.05, 0.1) is 6.10 Å². The third-order valence-electron chi connectivity index (χ3n) is 4.18. The lowest BCUT2D eigenvalue weighted by Gasteiger charge is -2.28. The zero-order valence-corrected chi connectivity index (χ0v) is 15.2. The van der Waals surface area contributed by atoms with Crippen LogP contribution in [0.4, 0.5) is 4.79 Å². The van der Waals surface area contributed by atoms with Gasteiger partial charge in [0.15, 0.2) is 0 Å². The summed E-state index contributed by atoms with van der Waals surface area (Å²) in [4.78, 5) is 15.8. The van der Waals surface area contributed by atoms with E-state index in [1.807, 2.05) is 25.2 Å². The van der Waals surface area contributed by atoms with E-state index in [2.05, 4.69) is 27.0 Å². The molecule has 1 aromatic heterocycles. The van der Waals surface area contributed by atoms with Gasteiger partial charge in [-0.2, -0.15) is 0 Å². The summed E-state index contributed by atoms with van der Waals surface area (Å²) in [6, 6.07) is 2.08. The van der Waals surface area contributed by atoms with Gasteiger partial charge in [-0.25, -0.2) is 4.79 Å². The van der Waals surface area contributed by atoms with Gasteiger partial charge in [-0.3, -0.25) is 4.90 Å². The summed E-state index contributed by atoms with van der Waals surface area (Å²) in [5, 5.41) is 17.4. The predicted octanol–water partition coefficient (Wildman–Crippen LogP) is 2.20. The highest BCUT2D eigenvalue weighted by molar-refractivity contribution is 7.10. The van der Waals surface area contributed by atoms with E-state index in [-0.39, 0.29) is 17.6 Å². The monoisotopic (exact) mass is 339 g/mol. The summed E-state index contributed by atoms with van der Waals surface area (Å²) in [6.45, 7) is 10.0. The van der Waals surface area contributed by atoms with Gasteiger partial charge in [0, 0.05) is 37.6 Å². The summed E-state index contributed by atoms with van der Waals surface area (Å²) >= 11 is 1.84. The molecule has 0 saturated carbocycles. The Morgan fingerprint density at radius 2 is 2.26 bits per heavy atom. The van der Waals surface area contributed by atoms with Gasteiger partial charge >= 0.3 is 6.03 Å². The first-order valence-electron chi connectivity index (χ1n) is 8.33. The Kier molecular flexibility index (Phi) is 6.44. The van der Waals surface area contributed by atoms with Crippen LogP contribution in [0.25, 0.3) is 0 Å². The van der Waals surface area contributed by atoms with Gasteiger partial charge in [0.25, 0.3) is 0 Å². The lowest BCUT2D eigenvalue weighted by atomic mass is 9.87. The van der Waals surface area contributed by atoms with Gasteiger partial charge in [-0.05, 0) is 42.2 Å². The van der Waals surface area contributed by atoms with Crippen molar-refractivity contribution in [2.24, 2.45) is 5.41 Å². The van der Waals surface area contributed by atoms with Crippen molar-refractivity contribution in [1.82, 2.24) is 15.5 Å². The Balaban J connectivity index is 1.62. The molecule has 130 valence electrons. The van der Waals surface area contributed by atoms with Gasteiger partial charge in [0.1, 0.15) is 0 Å². The van der Waals surface area contributed by atoms with Crippen molar-refractivity contribution in [3.8, 4) is 0 Å². The van der Waals surface area contributed by atoms with E-state index in [0.29, 0.717) is 19.5 Å². The number of rotatable bonds is 7. The molecule has 2 heterocycles. The quantitative estimate of drug-likeness (QED) is 0.713. The molecule has 5 nitrogen and oxygen atoms in total. The zero-order valence-electron chi connectivity index (χ0n) is 14.4. The molecule has 23 heavy (non-hydrogen) atoms. The third kappa shape index (κ3) is 6.12. The lowest BCUT2D eigenvalue weighted by Crippen LogP contribution is -2.44. The van der Waals surface area contributed by atoms with E-state index in [0.717, 1.165) is 26.1 Å². The lowest BCUT2D eigenvalue weighted by molar-refractivity contribution is 0.128. The van der Waals surface area contributed by atoms with Crippen LogP contribution in [0.1, 0.15) is 37.6 Å². The molecule has 6 heteroatoms. The first kappa shape index (κ1) is 18.2. The number of nitrogens with one attached hydrogen (secondary N) is 2. The highest BCUT2D eigenvalue weighted by atomic mass is 32.1. The number of hydrogen-bond acceptors (Lipinski definition) is 4. The van der Waals surface area contributed by atoms with Crippen molar-refractivity contribution in [3.63, 3.8) is 0 Å². The first-order valence-corrected chi connectivity index (χ1v) is 9.21. The molecule has 3 N–H and O–H groups in total. The number of hydrogen-bond donors (Lipinski definition) is 3. The molecule has 0 aliphatic carbocycles. The van der Waals surface area contributed by atoms with Gasteiger partial charge < -0.3 is 15.7 Å². The van der Waals surface area contributed by atoms with Crippen LogP contribution >= 0.6 is 11.3 Å². The topological polar surface area (TPSA) is 64.6 Å². The molecule has 0 spiro atoms. The van der Waals surface area contributed by atoms with Crippen molar-refractivity contribution >= 4 is 17.4 Å². The van der Waals surface area contributed by atoms with E-state index < -0.39 is 0 Å². The van der Waals surface area contributed by atoms with Crippen LogP contribution in [0.3, 0.4) is 0 Å². The molecular formula is C17H29N3O2S. The Hall–Kier alpha value is -1.11. The second-order valence-corrected chi connectivity index (χ2v) is 8.22. The number of carbonyl (C=O) groups excluding carboxylic acids is 1. The minimum Gasteiger partial charge on any atom is -0.393 e. The molecule has 1 atom stereocenters. The van der Waals surface area contributed by atoms with Crippen LogP contribution in [0.15, 0.2) is 11.4 Å². The van der Waals surface area contributed by atoms with E-state index in [1.54, 1.807) is 6.92 Å². The largest absolute Gasteiger partial charge is 0.393 e. The minimum atomic E-state index is -0.351. The van der Waals surface area contributed by atoms with Crippen LogP contribution in [-0.4, -0.2) is 48.3 Å². The first-order chi connectivity index (χ1) is 10.9. The smallest absolute Gasteiger partial charge is 0.314 e. The number of amides is 2. The van der Waals surface area contributed by atoms with Gasteiger partial charge in [-0.15, -0.1) is 11.3 Å². The van der Waals surface area contributed by atoms with Crippen molar-refractivity contribution in [2.45, 2.75) is 46.3 Å². The third-order valence-corrected chi connectivity index (χ3v) is 5.20. The van der Waals surface area contributed by atoms with Crippen molar-refractivity contribution in [2.75, 3.05) is 26.2 Å². The average Bonchev–Trinajstić information content (AvgIpc) is 2.91. The molecule has 0 bridgehead atoms. The van der Waals surface area contributed by atoms with Gasteiger partial charge in [-0.1, -0.05) is 13.8 Å². The molecule has 2 amide bonds. The SMILES string of the molecule is CC(O)CC(C)(C)CNC(=O)NCCN1CCc2sccc2C1. The normalized spacial score (nSPS) is 16.7. The van der Waals surface area contributed by atoms with Crippen molar-refractivity contribution < 1.29 is 9.90 Å². The van der Waals surface area contributed by atoms with Crippen LogP contribution in [0, 0.1) is 5.41 Å². The van der Waals surface area contributed by atoms with Crippen molar-refractivity contribution in [3.05, 3.63) is 21.9 Å². The van der Waals surface area contributed by atoms with Crippen molar-refractivity contribution in [1.29, 1.82) is 0 Å². The molecule has 1 aliphatic rings. The Morgan fingerprint density at radius 1 is 1.48 bits per heavy atom. The fourth-order valence-corrected chi connectivity index (χ4v) is 3.97. The second-order valence-electron chi connectivity index (χ2n) is 7.22. The second kappa shape index (κ2) is 8.13. The van der Waals surface area contributed by atoms with E-state index in [4.69, 9.17) is 0 Å². The summed E-state index contributed by atoms with van der Waals surface area (Å²) < 4.78 is 0. The summed E-state index contributed by atoms with van der Waals surface area (Å²) in [5.74, 6) is 0. The molecule has 1 aromatic rings. The fraction of sp³-hybridized carbons (Fsp3) is 0.706. The number of aliphatic hydroxyl groups is 1. The van der Waals surface area contributed by atoms with Crippen LogP contribution < -0.4 is 10.6 Å². The number of urea groups is 1. The summed E-state index contributed by atoms with van der Waals surface area (Å²) in [5.41, 5.74) is 1.33. The predicted molar refractivity (Wildman–Crippen MR) is 94.8 cm³/mol. The Labute approximate surface area is 143 Å². The molecule has 0 fully saturated rings. The molecule has 2 rings (SSSR count). The molecule has 0 saturated heterocycles. The molecule has 0 radical (unpaired) electrons. The molecule has 1 unspecified atom stereocenters. The summed E-state index contributed by atoms with van der Waals surface area (Å²) in [6.07, 6.45) is 1.44. The minimum absolute atomic E-state index is 0.103. The molecule has 1 aliphatic heterocycles. The number of nitrogens with zero attached hydrogens (tertiary/aromatic N) is 1. The molecular weight excluding hydrogens is 310 g/mol. The maximum Gasteiger partial charge on any atom is 0.314 e. The highest BCUT2D eigenvalue weighted by Gasteiger charge is 2.21. The maximum atomic E-state index is 11.9. The highest BCUT2D eigenvalue weighted by Crippen LogP contribution is 2.23.